The van der Waals surface area contributed by atoms with Crippen molar-refractivity contribution in [2.75, 3.05) is 7.11 Å². The van der Waals surface area contributed by atoms with Crippen molar-refractivity contribution in [1.29, 1.82) is 0 Å². The molecule has 0 aliphatic rings. The molecule has 0 amide bonds. The molecule has 0 unspecified atom stereocenters. The largest absolute Gasteiger partial charge is 0.497 e. The molecule has 0 saturated heterocycles. The highest BCUT2D eigenvalue weighted by atomic mass is 35.5. The van der Waals surface area contributed by atoms with Gasteiger partial charge in [0.15, 0.2) is 5.01 Å². The van der Waals surface area contributed by atoms with Crippen LogP contribution >= 0.6 is 22.9 Å². The van der Waals surface area contributed by atoms with Crippen LogP contribution in [-0.2, 0) is 0 Å². The zero-order chi connectivity index (χ0) is 20.4. The Morgan fingerprint density at radius 3 is 2.66 bits per heavy atom. The smallest absolute Gasteiger partial charge is 0.265 e. The zero-order valence-corrected chi connectivity index (χ0v) is 16.8. The number of ether oxygens (including phenoxy) is 1. The number of methoxy groups -OCH3 is 1. The van der Waals surface area contributed by atoms with Gasteiger partial charge in [0.05, 0.1) is 18.0 Å². The molecular weight excluding hydrogens is 410 g/mol. The summed E-state index contributed by atoms with van der Waals surface area (Å²) in [4.78, 5) is 34.6. The number of carbonyl (C=O) groups excluding carboxylic acids is 1. The van der Waals surface area contributed by atoms with Crippen LogP contribution in [0.5, 0.6) is 5.75 Å². The van der Waals surface area contributed by atoms with Crippen LogP contribution < -0.4 is 10.3 Å². The lowest BCUT2D eigenvalue weighted by atomic mass is 10.1. The van der Waals surface area contributed by atoms with E-state index >= 15 is 0 Å². The SMILES string of the molecule is COc1ccc(/C=C(/C(=O)c2nccs2)n2cnc3cc(Cl)ccc3c2=O)cc1. The minimum absolute atomic E-state index is 0.152. The summed E-state index contributed by atoms with van der Waals surface area (Å²) in [6.07, 6.45) is 4.52. The van der Waals surface area contributed by atoms with Crippen LogP contribution in [-0.4, -0.2) is 27.4 Å². The molecule has 4 rings (SSSR count). The van der Waals surface area contributed by atoms with Gasteiger partial charge in [-0.05, 0) is 42.0 Å². The van der Waals surface area contributed by atoms with Gasteiger partial charge in [-0.2, -0.15) is 0 Å². The average Bonchev–Trinajstić information content (AvgIpc) is 3.27. The third kappa shape index (κ3) is 3.83. The number of halogens is 1. The molecule has 0 aliphatic heterocycles. The summed E-state index contributed by atoms with van der Waals surface area (Å²) in [5.41, 5.74) is 0.980. The van der Waals surface area contributed by atoms with Crippen LogP contribution in [0.25, 0.3) is 22.7 Å². The molecule has 8 heteroatoms. The Hall–Kier alpha value is -3.29. The minimum atomic E-state index is -0.368. The van der Waals surface area contributed by atoms with Crippen molar-refractivity contribution < 1.29 is 9.53 Å². The van der Waals surface area contributed by atoms with Gasteiger partial charge in [0.25, 0.3) is 5.56 Å². The number of Topliss-reactive ketones (excluding diaryl/α,β-unsaturated/α-hetero) is 1. The molecule has 144 valence electrons. The van der Waals surface area contributed by atoms with Gasteiger partial charge in [0.1, 0.15) is 17.8 Å². The second-order valence-electron chi connectivity index (χ2n) is 6.05. The maximum atomic E-state index is 13.1. The van der Waals surface area contributed by atoms with Crippen LogP contribution in [0.1, 0.15) is 15.4 Å². The molecule has 0 radical (unpaired) electrons. The highest BCUT2D eigenvalue weighted by Crippen LogP contribution is 2.21. The number of hydrogen-bond acceptors (Lipinski definition) is 6. The van der Waals surface area contributed by atoms with Gasteiger partial charge in [-0.15, -0.1) is 11.3 Å². The van der Waals surface area contributed by atoms with Crippen molar-refractivity contribution in [3.05, 3.63) is 86.3 Å². The van der Waals surface area contributed by atoms with Crippen LogP contribution in [0.2, 0.25) is 5.02 Å². The van der Waals surface area contributed by atoms with Crippen molar-refractivity contribution in [3.63, 3.8) is 0 Å². The monoisotopic (exact) mass is 423 g/mol. The Morgan fingerprint density at radius 1 is 1.17 bits per heavy atom. The number of hydrogen-bond donors (Lipinski definition) is 0. The van der Waals surface area contributed by atoms with Crippen molar-refractivity contribution in [3.8, 4) is 5.75 Å². The lowest BCUT2D eigenvalue weighted by Gasteiger charge is -2.10. The summed E-state index contributed by atoms with van der Waals surface area (Å²) in [7, 11) is 1.58. The molecule has 0 spiro atoms. The van der Waals surface area contributed by atoms with E-state index in [0.29, 0.717) is 21.7 Å². The molecule has 2 heterocycles. The first-order valence-corrected chi connectivity index (χ1v) is 9.80. The molecule has 2 aromatic heterocycles. The summed E-state index contributed by atoms with van der Waals surface area (Å²) in [5.74, 6) is 0.324. The Balaban J connectivity index is 1.90. The Morgan fingerprint density at radius 2 is 1.97 bits per heavy atom. The number of rotatable bonds is 5. The fourth-order valence-corrected chi connectivity index (χ4v) is 3.56. The van der Waals surface area contributed by atoms with Gasteiger partial charge in [0.2, 0.25) is 5.78 Å². The lowest BCUT2D eigenvalue weighted by molar-refractivity contribution is 0.105. The van der Waals surface area contributed by atoms with Gasteiger partial charge in [-0.1, -0.05) is 23.7 Å². The van der Waals surface area contributed by atoms with E-state index in [1.807, 2.05) is 0 Å². The van der Waals surface area contributed by atoms with E-state index in [0.717, 1.165) is 5.56 Å². The molecule has 0 fully saturated rings. The number of benzene rings is 2. The van der Waals surface area contributed by atoms with Crippen LogP contribution in [0, 0.1) is 0 Å². The molecule has 2 aromatic carbocycles. The number of allylic oxidation sites excluding steroid dienone is 1. The average molecular weight is 424 g/mol. The molecule has 0 N–H and O–H groups in total. The summed E-state index contributed by atoms with van der Waals surface area (Å²) in [6.45, 7) is 0. The summed E-state index contributed by atoms with van der Waals surface area (Å²) in [6, 6.07) is 12.0. The van der Waals surface area contributed by atoms with E-state index in [4.69, 9.17) is 16.3 Å². The van der Waals surface area contributed by atoms with E-state index in [2.05, 4.69) is 9.97 Å². The summed E-state index contributed by atoms with van der Waals surface area (Å²) >= 11 is 7.20. The molecular formula is C21H14ClN3O3S. The fourth-order valence-electron chi connectivity index (χ4n) is 2.81. The molecule has 29 heavy (non-hydrogen) atoms. The van der Waals surface area contributed by atoms with Crippen LogP contribution in [0.15, 0.2) is 65.2 Å². The maximum absolute atomic E-state index is 13.1. The third-order valence-electron chi connectivity index (χ3n) is 4.26. The highest BCUT2D eigenvalue weighted by Gasteiger charge is 2.19. The van der Waals surface area contributed by atoms with Crippen LogP contribution in [0.3, 0.4) is 0 Å². The molecule has 0 atom stereocenters. The quantitative estimate of drug-likeness (QED) is 0.351. The lowest BCUT2D eigenvalue weighted by Crippen LogP contribution is -2.23. The summed E-state index contributed by atoms with van der Waals surface area (Å²) < 4.78 is 6.41. The van der Waals surface area contributed by atoms with E-state index < -0.39 is 0 Å². The van der Waals surface area contributed by atoms with Gasteiger partial charge in [-0.3, -0.25) is 14.2 Å². The Bertz CT molecular complexity index is 1280. The minimum Gasteiger partial charge on any atom is -0.497 e. The van der Waals surface area contributed by atoms with E-state index in [1.165, 1.54) is 22.2 Å². The number of aromatic nitrogens is 3. The molecule has 6 nitrogen and oxygen atoms in total. The molecule has 0 bridgehead atoms. The van der Waals surface area contributed by atoms with Gasteiger partial charge in [-0.25, -0.2) is 9.97 Å². The van der Waals surface area contributed by atoms with Crippen molar-refractivity contribution in [2.24, 2.45) is 0 Å². The molecule has 4 aromatic rings. The fraction of sp³-hybridized carbons (Fsp3) is 0.0476. The van der Waals surface area contributed by atoms with Crippen LogP contribution in [0.4, 0.5) is 0 Å². The Labute approximate surface area is 174 Å². The van der Waals surface area contributed by atoms with E-state index in [1.54, 1.807) is 67.2 Å². The second kappa shape index (κ2) is 7.98. The second-order valence-corrected chi connectivity index (χ2v) is 7.38. The molecule has 0 saturated carbocycles. The third-order valence-corrected chi connectivity index (χ3v) is 5.27. The first-order chi connectivity index (χ1) is 14.1. The standard InChI is InChI=1S/C21H14ClN3O3S/c1-28-15-5-2-13(3-6-15)10-18(19(26)20-23-8-9-29-20)25-12-24-17-11-14(22)4-7-16(17)21(25)27/h2-12H,1H3/b18-10-. The normalized spacial score (nSPS) is 11.6. The van der Waals surface area contributed by atoms with Crippen molar-refractivity contribution in [2.45, 2.75) is 0 Å². The van der Waals surface area contributed by atoms with E-state index in [-0.39, 0.29) is 22.0 Å². The van der Waals surface area contributed by atoms with E-state index in [9.17, 15) is 9.59 Å². The predicted molar refractivity (Wildman–Crippen MR) is 115 cm³/mol. The molecule has 0 aliphatic carbocycles. The zero-order valence-electron chi connectivity index (χ0n) is 15.2. The number of fused-ring (bicyclic) bond motifs is 1. The predicted octanol–water partition coefficient (Wildman–Crippen LogP) is 4.40. The topological polar surface area (TPSA) is 74.1 Å². The Kier molecular flexibility index (Phi) is 5.24. The maximum Gasteiger partial charge on any atom is 0.265 e. The van der Waals surface area contributed by atoms with Crippen molar-refractivity contribution in [1.82, 2.24) is 14.5 Å². The summed E-state index contributed by atoms with van der Waals surface area (Å²) in [5, 5.41) is 2.84. The number of carbonyl (C=O) groups is 1. The number of nitrogens with zero attached hydrogens (tertiary/aromatic N) is 3. The number of ketones is 1. The number of thiazole rings is 1. The van der Waals surface area contributed by atoms with Gasteiger partial charge in [0, 0.05) is 16.6 Å². The van der Waals surface area contributed by atoms with Gasteiger partial charge >= 0.3 is 0 Å². The highest BCUT2D eigenvalue weighted by molar-refractivity contribution is 7.12. The first-order valence-electron chi connectivity index (χ1n) is 8.54. The van der Waals surface area contributed by atoms with Crippen molar-refractivity contribution >= 4 is 51.4 Å². The van der Waals surface area contributed by atoms with Gasteiger partial charge < -0.3 is 4.74 Å². The first kappa shape index (κ1) is 19.0.